The molecule has 4 rings (SSSR count). The van der Waals surface area contributed by atoms with Gasteiger partial charge in [-0.15, -0.1) is 0 Å². The Balaban J connectivity index is 1.72. The smallest absolute Gasteiger partial charge is 0.338 e. The van der Waals surface area contributed by atoms with Crippen molar-refractivity contribution < 1.29 is 19.1 Å². The maximum Gasteiger partial charge on any atom is 0.338 e. The predicted octanol–water partition coefficient (Wildman–Crippen LogP) is 4.29. The van der Waals surface area contributed by atoms with E-state index in [0.29, 0.717) is 35.7 Å². The summed E-state index contributed by atoms with van der Waals surface area (Å²) in [6.07, 6.45) is 0. The van der Waals surface area contributed by atoms with Crippen LogP contribution in [-0.4, -0.2) is 50.2 Å². The van der Waals surface area contributed by atoms with Crippen molar-refractivity contribution in [1.29, 1.82) is 0 Å². The van der Waals surface area contributed by atoms with E-state index in [4.69, 9.17) is 9.73 Å². The molecule has 190 valence electrons. The Hall–Kier alpha value is -4.30. The van der Waals surface area contributed by atoms with Crippen LogP contribution in [0.1, 0.15) is 41.3 Å². The molecule has 37 heavy (non-hydrogen) atoms. The molecule has 1 aliphatic heterocycles. The average molecular weight is 499 g/mol. The molecule has 0 aliphatic carbocycles. The van der Waals surface area contributed by atoms with Crippen LogP contribution in [-0.2, 0) is 14.3 Å². The van der Waals surface area contributed by atoms with Crippen molar-refractivity contribution in [2.24, 2.45) is 4.99 Å². The van der Waals surface area contributed by atoms with Crippen LogP contribution in [0.2, 0.25) is 0 Å². The second-order valence-electron chi connectivity index (χ2n) is 8.60. The van der Waals surface area contributed by atoms with Crippen LogP contribution in [0.4, 0.5) is 17.1 Å². The summed E-state index contributed by atoms with van der Waals surface area (Å²) in [5.74, 6) is -1.35. The Morgan fingerprint density at radius 3 is 2.41 bits per heavy atom. The first kappa shape index (κ1) is 25.8. The molecule has 2 amide bonds. The van der Waals surface area contributed by atoms with E-state index < -0.39 is 11.9 Å². The van der Waals surface area contributed by atoms with E-state index in [1.165, 1.54) is 0 Å². The Kier molecular flexibility index (Phi) is 8.10. The fourth-order valence-electron chi connectivity index (χ4n) is 4.32. The molecule has 1 heterocycles. The minimum atomic E-state index is -0.655. The lowest BCUT2D eigenvalue weighted by molar-refractivity contribution is -0.117. The third-order valence-corrected chi connectivity index (χ3v) is 6.11. The predicted molar refractivity (Wildman–Crippen MR) is 145 cm³/mol. The number of carbonyl (C=O) groups excluding carboxylic acids is 3. The summed E-state index contributed by atoms with van der Waals surface area (Å²) in [5, 5.41) is 5.96. The second-order valence-corrected chi connectivity index (χ2v) is 8.60. The molecule has 2 N–H and O–H groups in total. The number of ether oxygens (including phenoxy) is 1. The van der Waals surface area contributed by atoms with Gasteiger partial charge in [-0.3, -0.25) is 14.6 Å². The van der Waals surface area contributed by atoms with E-state index in [1.807, 2.05) is 61.6 Å². The molecular weight excluding hydrogens is 468 g/mol. The van der Waals surface area contributed by atoms with Gasteiger partial charge in [0.1, 0.15) is 5.92 Å². The first-order valence-electron chi connectivity index (χ1n) is 12.2. The van der Waals surface area contributed by atoms with Gasteiger partial charge < -0.3 is 20.3 Å². The molecule has 0 aromatic heterocycles. The number of likely N-dealkylation sites (N-methyl/N-ethyl adjacent to an activating group) is 1. The Morgan fingerprint density at radius 2 is 1.76 bits per heavy atom. The summed E-state index contributed by atoms with van der Waals surface area (Å²) >= 11 is 0. The number of rotatable bonds is 9. The van der Waals surface area contributed by atoms with E-state index in [-0.39, 0.29) is 18.4 Å². The van der Waals surface area contributed by atoms with E-state index in [2.05, 4.69) is 10.6 Å². The van der Waals surface area contributed by atoms with Gasteiger partial charge in [-0.25, -0.2) is 4.79 Å². The maximum atomic E-state index is 13.2. The molecule has 0 spiro atoms. The lowest BCUT2D eigenvalue weighted by Crippen LogP contribution is -2.34. The fraction of sp³-hybridized carbons (Fsp3) is 0.241. The van der Waals surface area contributed by atoms with Gasteiger partial charge in [-0.05, 0) is 61.5 Å². The highest BCUT2D eigenvalue weighted by Crippen LogP contribution is 2.37. The lowest BCUT2D eigenvalue weighted by atomic mass is 9.90. The number of esters is 1. The third kappa shape index (κ3) is 5.76. The van der Waals surface area contributed by atoms with Crippen molar-refractivity contribution >= 4 is 40.6 Å². The van der Waals surface area contributed by atoms with Crippen molar-refractivity contribution in [2.75, 3.05) is 37.0 Å². The van der Waals surface area contributed by atoms with Crippen LogP contribution in [0.3, 0.4) is 0 Å². The van der Waals surface area contributed by atoms with Crippen LogP contribution in [0.5, 0.6) is 0 Å². The summed E-state index contributed by atoms with van der Waals surface area (Å²) in [6.45, 7) is 4.79. The molecule has 0 fully saturated rings. The van der Waals surface area contributed by atoms with Gasteiger partial charge in [-0.1, -0.05) is 36.4 Å². The molecule has 0 bridgehead atoms. The minimum absolute atomic E-state index is 0.0436. The topological polar surface area (TPSA) is 100 Å². The standard InChI is InChI=1S/C29H30N4O4/c1-4-37-29(36)21-10-15-24-25(18-21)32-28(35)26(24)27(20-8-6-5-7-9-20)31-22-11-13-23(14-12-22)33(19(2)34)17-16-30-3/h5-15,18,26,30H,4,16-17H2,1-3H3,(H,32,35). The maximum absolute atomic E-state index is 13.2. The molecule has 0 radical (unpaired) electrons. The van der Waals surface area contributed by atoms with E-state index >= 15 is 0 Å². The quantitative estimate of drug-likeness (QED) is 0.339. The van der Waals surface area contributed by atoms with Gasteiger partial charge in [0.25, 0.3) is 0 Å². The number of benzene rings is 3. The van der Waals surface area contributed by atoms with Gasteiger partial charge in [0, 0.05) is 31.4 Å². The Labute approximate surface area is 216 Å². The minimum Gasteiger partial charge on any atom is -0.462 e. The van der Waals surface area contributed by atoms with Crippen molar-refractivity contribution in [3.8, 4) is 0 Å². The third-order valence-electron chi connectivity index (χ3n) is 6.11. The second kappa shape index (κ2) is 11.6. The summed E-state index contributed by atoms with van der Waals surface area (Å²) in [7, 11) is 1.84. The largest absolute Gasteiger partial charge is 0.462 e. The molecule has 1 atom stereocenters. The number of nitrogens with zero attached hydrogens (tertiary/aromatic N) is 2. The molecular formula is C29H30N4O4. The van der Waals surface area contributed by atoms with Crippen molar-refractivity contribution in [2.45, 2.75) is 19.8 Å². The van der Waals surface area contributed by atoms with E-state index in [9.17, 15) is 14.4 Å². The highest BCUT2D eigenvalue weighted by Gasteiger charge is 2.36. The number of hydrogen-bond acceptors (Lipinski definition) is 6. The van der Waals surface area contributed by atoms with Crippen molar-refractivity contribution in [3.63, 3.8) is 0 Å². The Bertz CT molecular complexity index is 1320. The summed E-state index contributed by atoms with van der Waals surface area (Å²) in [6, 6.07) is 22.0. The highest BCUT2D eigenvalue weighted by molar-refractivity contribution is 6.24. The number of nitrogens with one attached hydrogen (secondary N) is 2. The first-order valence-corrected chi connectivity index (χ1v) is 12.2. The molecule has 1 unspecified atom stereocenters. The molecule has 3 aromatic rings. The average Bonchev–Trinajstić information content (AvgIpc) is 3.23. The summed E-state index contributed by atoms with van der Waals surface area (Å²) < 4.78 is 5.10. The molecule has 8 heteroatoms. The van der Waals surface area contributed by atoms with Crippen LogP contribution < -0.4 is 15.5 Å². The van der Waals surface area contributed by atoms with Gasteiger partial charge in [0.15, 0.2) is 0 Å². The van der Waals surface area contributed by atoms with Gasteiger partial charge in [0.05, 0.1) is 23.6 Å². The zero-order valence-corrected chi connectivity index (χ0v) is 21.2. The number of fused-ring (bicyclic) bond motifs is 1. The number of carbonyl (C=O) groups is 3. The van der Waals surface area contributed by atoms with Gasteiger partial charge in [-0.2, -0.15) is 0 Å². The zero-order valence-electron chi connectivity index (χ0n) is 21.2. The zero-order chi connectivity index (χ0) is 26.4. The molecule has 3 aromatic carbocycles. The van der Waals surface area contributed by atoms with Crippen LogP contribution in [0.25, 0.3) is 0 Å². The Morgan fingerprint density at radius 1 is 1.03 bits per heavy atom. The molecule has 0 saturated heterocycles. The van der Waals surface area contributed by atoms with E-state index in [0.717, 1.165) is 16.8 Å². The van der Waals surface area contributed by atoms with Gasteiger partial charge in [0.2, 0.25) is 11.8 Å². The SMILES string of the molecule is CCOC(=O)c1ccc2c(c1)NC(=O)C2C(=Nc1ccc(N(CCNC)C(C)=O)cc1)c1ccccc1. The van der Waals surface area contributed by atoms with Gasteiger partial charge >= 0.3 is 5.97 Å². The number of amides is 2. The van der Waals surface area contributed by atoms with Crippen LogP contribution in [0.15, 0.2) is 77.8 Å². The van der Waals surface area contributed by atoms with Crippen molar-refractivity contribution in [3.05, 3.63) is 89.5 Å². The van der Waals surface area contributed by atoms with Crippen LogP contribution >= 0.6 is 0 Å². The summed E-state index contributed by atoms with van der Waals surface area (Å²) in [4.78, 5) is 44.1. The van der Waals surface area contributed by atoms with Crippen molar-refractivity contribution in [1.82, 2.24) is 5.32 Å². The molecule has 0 saturated carbocycles. The molecule has 8 nitrogen and oxygen atoms in total. The lowest BCUT2D eigenvalue weighted by Gasteiger charge is -2.21. The number of hydrogen-bond donors (Lipinski definition) is 2. The molecule has 1 aliphatic rings. The monoisotopic (exact) mass is 498 g/mol. The number of aliphatic imine (C=N–C) groups is 1. The van der Waals surface area contributed by atoms with E-state index in [1.54, 1.807) is 36.9 Å². The first-order chi connectivity index (χ1) is 17.9. The fourth-order valence-corrected chi connectivity index (χ4v) is 4.32. The number of anilines is 2. The van der Waals surface area contributed by atoms with Crippen LogP contribution in [0, 0.1) is 0 Å². The summed E-state index contributed by atoms with van der Waals surface area (Å²) in [5.41, 5.74) is 4.53. The highest BCUT2D eigenvalue weighted by atomic mass is 16.5. The normalized spacial score (nSPS) is 14.6.